The molecular weight excluding hydrogens is 299 g/mol. The first-order valence-corrected chi connectivity index (χ1v) is 6.57. The van der Waals surface area contributed by atoms with Gasteiger partial charge in [-0.1, -0.05) is 29.3 Å². The molecule has 0 radical (unpaired) electrons. The lowest BCUT2D eigenvalue weighted by Gasteiger charge is -2.11. The molecule has 2 N–H and O–H groups in total. The number of nitrogens with zero attached hydrogens (tertiary/aromatic N) is 1. The van der Waals surface area contributed by atoms with Crippen LogP contribution < -0.4 is 5.32 Å². The Morgan fingerprint density at radius 3 is 2.40 bits per heavy atom. The Morgan fingerprint density at radius 1 is 1.20 bits per heavy atom. The van der Waals surface area contributed by atoms with Gasteiger partial charge >= 0.3 is 0 Å². The molecule has 1 aromatic carbocycles. The summed E-state index contributed by atoms with van der Waals surface area (Å²) in [6, 6.07) is 6.30. The third-order valence-corrected chi connectivity index (χ3v) is 3.29. The first-order valence-electron chi connectivity index (χ1n) is 5.82. The molecule has 4 nitrogen and oxygen atoms in total. The zero-order valence-electron chi connectivity index (χ0n) is 10.9. The minimum atomic E-state index is -0.373. The summed E-state index contributed by atoms with van der Waals surface area (Å²) in [5.41, 5.74) is 2.18. The van der Waals surface area contributed by atoms with E-state index in [2.05, 4.69) is 10.3 Å². The van der Waals surface area contributed by atoms with E-state index in [1.54, 1.807) is 26.0 Å². The number of nitrogens with one attached hydrogen (secondary N) is 1. The lowest BCUT2D eigenvalue weighted by molar-refractivity contribution is 0.102. The molecule has 0 bridgehead atoms. The van der Waals surface area contributed by atoms with Crippen molar-refractivity contribution in [3.05, 3.63) is 51.3 Å². The second-order valence-corrected chi connectivity index (χ2v) is 5.13. The SMILES string of the molecule is Cc1ccc(NC(=O)c2cc(Cl)nc(Cl)c2)c(C)c1O. The van der Waals surface area contributed by atoms with E-state index in [4.69, 9.17) is 23.2 Å². The number of halogens is 2. The van der Waals surface area contributed by atoms with Crippen LogP contribution in [0.5, 0.6) is 5.75 Å². The number of pyridine rings is 1. The summed E-state index contributed by atoms with van der Waals surface area (Å²) < 4.78 is 0. The molecule has 0 aliphatic rings. The van der Waals surface area contributed by atoms with Gasteiger partial charge in [0, 0.05) is 16.8 Å². The van der Waals surface area contributed by atoms with Crippen molar-refractivity contribution in [1.29, 1.82) is 0 Å². The summed E-state index contributed by atoms with van der Waals surface area (Å²) in [7, 11) is 0. The van der Waals surface area contributed by atoms with E-state index in [1.807, 2.05) is 0 Å². The molecule has 0 spiro atoms. The number of phenols is 1. The smallest absolute Gasteiger partial charge is 0.255 e. The molecule has 1 heterocycles. The highest BCUT2D eigenvalue weighted by Crippen LogP contribution is 2.28. The van der Waals surface area contributed by atoms with Crippen molar-refractivity contribution in [2.24, 2.45) is 0 Å². The summed E-state index contributed by atoms with van der Waals surface area (Å²) in [4.78, 5) is 15.9. The van der Waals surface area contributed by atoms with Crippen molar-refractivity contribution in [3.63, 3.8) is 0 Å². The van der Waals surface area contributed by atoms with Crippen LogP contribution in [-0.2, 0) is 0 Å². The summed E-state index contributed by atoms with van der Waals surface area (Å²) >= 11 is 11.5. The number of anilines is 1. The molecule has 0 aliphatic carbocycles. The monoisotopic (exact) mass is 310 g/mol. The first kappa shape index (κ1) is 14.6. The van der Waals surface area contributed by atoms with Crippen molar-refractivity contribution >= 4 is 34.8 Å². The number of phenolic OH excluding ortho intramolecular Hbond substituents is 1. The van der Waals surface area contributed by atoms with Gasteiger partial charge in [0.2, 0.25) is 0 Å². The fraction of sp³-hybridized carbons (Fsp3) is 0.143. The van der Waals surface area contributed by atoms with E-state index in [0.717, 1.165) is 5.56 Å². The second-order valence-electron chi connectivity index (χ2n) is 4.36. The van der Waals surface area contributed by atoms with Gasteiger partial charge in [-0.05, 0) is 37.6 Å². The summed E-state index contributed by atoms with van der Waals surface area (Å²) in [5, 5.41) is 12.8. The summed E-state index contributed by atoms with van der Waals surface area (Å²) in [5.74, 6) is -0.212. The van der Waals surface area contributed by atoms with Crippen LogP contribution in [-0.4, -0.2) is 16.0 Å². The maximum Gasteiger partial charge on any atom is 0.255 e. The van der Waals surface area contributed by atoms with E-state index in [9.17, 15) is 9.90 Å². The zero-order chi connectivity index (χ0) is 14.9. The Kier molecular flexibility index (Phi) is 4.16. The summed E-state index contributed by atoms with van der Waals surface area (Å²) in [6.07, 6.45) is 0. The Morgan fingerprint density at radius 2 is 1.80 bits per heavy atom. The molecule has 6 heteroatoms. The fourth-order valence-corrected chi connectivity index (χ4v) is 2.22. The molecule has 2 aromatic rings. The average molecular weight is 311 g/mol. The molecule has 0 unspecified atom stereocenters. The predicted molar refractivity (Wildman–Crippen MR) is 79.8 cm³/mol. The molecule has 2 rings (SSSR count). The lowest BCUT2D eigenvalue weighted by atomic mass is 10.1. The highest BCUT2D eigenvalue weighted by Gasteiger charge is 2.12. The van der Waals surface area contributed by atoms with Crippen molar-refractivity contribution in [3.8, 4) is 5.75 Å². The third-order valence-electron chi connectivity index (χ3n) is 2.91. The van der Waals surface area contributed by atoms with Gasteiger partial charge in [0.05, 0.1) is 0 Å². The average Bonchev–Trinajstić information content (AvgIpc) is 2.38. The van der Waals surface area contributed by atoms with E-state index in [0.29, 0.717) is 16.8 Å². The van der Waals surface area contributed by atoms with Crippen LogP contribution in [0.3, 0.4) is 0 Å². The standard InChI is InChI=1S/C14H12Cl2N2O2/c1-7-3-4-10(8(2)13(7)19)17-14(20)9-5-11(15)18-12(16)6-9/h3-6,19H,1-2H3,(H,17,20). The quantitative estimate of drug-likeness (QED) is 0.825. The van der Waals surface area contributed by atoms with Crippen LogP contribution in [0.15, 0.2) is 24.3 Å². The topological polar surface area (TPSA) is 62.2 Å². The number of aromatic nitrogens is 1. The maximum absolute atomic E-state index is 12.1. The van der Waals surface area contributed by atoms with Crippen LogP contribution in [0, 0.1) is 13.8 Å². The van der Waals surface area contributed by atoms with Gasteiger partial charge in [-0.15, -0.1) is 0 Å². The van der Waals surface area contributed by atoms with Gasteiger partial charge in [-0.3, -0.25) is 4.79 Å². The van der Waals surface area contributed by atoms with Crippen LogP contribution in [0.4, 0.5) is 5.69 Å². The number of hydrogen-bond acceptors (Lipinski definition) is 3. The molecule has 1 aromatic heterocycles. The van der Waals surface area contributed by atoms with Crippen LogP contribution in [0.2, 0.25) is 10.3 Å². The third kappa shape index (κ3) is 3.03. The van der Waals surface area contributed by atoms with Gasteiger partial charge in [0.1, 0.15) is 16.1 Å². The van der Waals surface area contributed by atoms with Crippen LogP contribution in [0.1, 0.15) is 21.5 Å². The maximum atomic E-state index is 12.1. The molecular formula is C14H12Cl2N2O2. The van der Waals surface area contributed by atoms with E-state index in [-0.39, 0.29) is 22.0 Å². The minimum Gasteiger partial charge on any atom is -0.507 e. The van der Waals surface area contributed by atoms with Crippen molar-refractivity contribution < 1.29 is 9.90 Å². The molecule has 0 atom stereocenters. The highest BCUT2D eigenvalue weighted by molar-refractivity contribution is 6.33. The van der Waals surface area contributed by atoms with E-state index in [1.165, 1.54) is 12.1 Å². The Labute approximate surface area is 126 Å². The number of amides is 1. The number of carbonyl (C=O) groups is 1. The minimum absolute atomic E-state index is 0.145. The number of aromatic hydroxyl groups is 1. The van der Waals surface area contributed by atoms with Crippen molar-refractivity contribution in [2.45, 2.75) is 13.8 Å². The normalized spacial score (nSPS) is 10.4. The molecule has 0 saturated heterocycles. The Hall–Kier alpha value is -1.78. The number of carbonyl (C=O) groups excluding carboxylic acids is 1. The van der Waals surface area contributed by atoms with E-state index >= 15 is 0 Å². The lowest BCUT2D eigenvalue weighted by Crippen LogP contribution is -2.13. The second kappa shape index (κ2) is 5.69. The molecule has 0 saturated carbocycles. The molecule has 20 heavy (non-hydrogen) atoms. The number of benzene rings is 1. The number of aryl methyl sites for hydroxylation is 1. The van der Waals surface area contributed by atoms with Crippen molar-refractivity contribution in [2.75, 3.05) is 5.32 Å². The largest absolute Gasteiger partial charge is 0.507 e. The number of hydrogen-bond donors (Lipinski definition) is 2. The van der Waals surface area contributed by atoms with Gasteiger partial charge in [0.15, 0.2) is 0 Å². The molecule has 0 fully saturated rings. The van der Waals surface area contributed by atoms with E-state index < -0.39 is 0 Å². The highest BCUT2D eigenvalue weighted by atomic mass is 35.5. The first-order chi connectivity index (χ1) is 9.38. The fourth-order valence-electron chi connectivity index (χ4n) is 1.76. The Balaban J connectivity index is 2.30. The molecule has 104 valence electrons. The zero-order valence-corrected chi connectivity index (χ0v) is 12.4. The van der Waals surface area contributed by atoms with Gasteiger partial charge in [0.25, 0.3) is 5.91 Å². The molecule has 0 aliphatic heterocycles. The van der Waals surface area contributed by atoms with Gasteiger partial charge < -0.3 is 10.4 Å². The van der Waals surface area contributed by atoms with Gasteiger partial charge in [-0.2, -0.15) is 0 Å². The Bertz CT molecular complexity index is 667. The number of rotatable bonds is 2. The van der Waals surface area contributed by atoms with Crippen molar-refractivity contribution in [1.82, 2.24) is 4.98 Å². The van der Waals surface area contributed by atoms with Gasteiger partial charge in [-0.25, -0.2) is 4.98 Å². The predicted octanol–water partition coefficient (Wildman–Crippen LogP) is 3.96. The van der Waals surface area contributed by atoms with Crippen LogP contribution >= 0.6 is 23.2 Å². The van der Waals surface area contributed by atoms with Crippen LogP contribution in [0.25, 0.3) is 0 Å². The molecule has 1 amide bonds. The summed E-state index contributed by atoms with van der Waals surface area (Å²) in [6.45, 7) is 3.51.